The molecule has 0 bridgehead atoms. The van der Waals surface area contributed by atoms with Gasteiger partial charge in [-0.25, -0.2) is 9.97 Å². The van der Waals surface area contributed by atoms with Crippen LogP contribution < -0.4 is 13.7 Å². The van der Waals surface area contributed by atoms with E-state index in [4.69, 9.17) is 0 Å². The third-order valence-corrected chi connectivity index (χ3v) is 16.1. The molecule has 6 nitrogen and oxygen atoms in total. The molecule has 6 heterocycles. The van der Waals surface area contributed by atoms with Crippen LogP contribution in [0.25, 0.3) is 6.08 Å². The molecule has 0 atom stereocenters. The van der Waals surface area contributed by atoms with Gasteiger partial charge in [0.2, 0.25) is 16.6 Å². The number of rotatable bonds is 1. The molecular formula is C53H87BF6N6S3+2. The van der Waals surface area contributed by atoms with Crippen molar-refractivity contribution in [3.8, 4) is 0 Å². The van der Waals surface area contributed by atoms with Crippen LogP contribution in [0.3, 0.4) is 0 Å². The van der Waals surface area contributed by atoms with Crippen molar-refractivity contribution in [2.45, 2.75) is 167 Å². The van der Waals surface area contributed by atoms with Gasteiger partial charge in [0.25, 0.3) is 0 Å². The Morgan fingerprint density at radius 1 is 0.507 bits per heavy atom. The molecule has 0 aliphatic carbocycles. The first-order valence-electron chi connectivity index (χ1n) is 22.3. The van der Waals surface area contributed by atoms with Crippen molar-refractivity contribution >= 4 is 47.8 Å². The number of thiazole rings is 2. The van der Waals surface area contributed by atoms with Gasteiger partial charge >= 0.3 is 13.2 Å². The summed E-state index contributed by atoms with van der Waals surface area (Å²) in [6.45, 7) is 45.0. The van der Waals surface area contributed by atoms with Gasteiger partial charge in [-0.1, -0.05) is 51.8 Å². The van der Waals surface area contributed by atoms with Crippen molar-refractivity contribution in [2.24, 2.45) is 21.1 Å². The molecular weight excluding hydrogens is 942 g/mol. The number of hydrogen-bond donors (Lipinski definition) is 0. The zero-order chi connectivity index (χ0) is 52.9. The SMILES string of the molecule is C.C.CC.CC1=C(C)N(C)C(=Cc2c(C)c(C)c(C)c(C)[n+]2C)S1.Cc1c(C)c(C)[n+](C)c(F)c1C.Cc1nc(C)c(C)s1.Cc1nc(F)c(C)c(C)c1C.Cc1sc(C)[n+](C)c1C.F[B-](F)(F)F. The average Bonchev–Trinajstić information content (AvgIpc) is 3.79. The summed E-state index contributed by atoms with van der Waals surface area (Å²) in [5, 5.41) is 3.85. The summed E-state index contributed by atoms with van der Waals surface area (Å²) < 4.78 is 71.4. The van der Waals surface area contributed by atoms with Crippen LogP contribution in [-0.4, -0.2) is 29.2 Å². The summed E-state index contributed by atoms with van der Waals surface area (Å²) in [5.41, 5.74) is 18.2. The Balaban J connectivity index is -0.000000784. The third-order valence-electron chi connectivity index (χ3n) is 12.7. The molecule has 390 valence electrons. The predicted octanol–water partition coefficient (Wildman–Crippen LogP) is 15.5. The Hall–Kier alpha value is -4.02. The maximum Gasteiger partial charge on any atom is 0.673 e. The van der Waals surface area contributed by atoms with E-state index in [9.17, 15) is 26.0 Å². The smallest absolute Gasteiger partial charge is 0.418 e. The summed E-state index contributed by atoms with van der Waals surface area (Å²) in [5.74, 6) is -0.471. The maximum absolute atomic E-state index is 13.4. The van der Waals surface area contributed by atoms with Gasteiger partial charge < -0.3 is 22.2 Å². The normalized spacial score (nSPS) is 12.0. The van der Waals surface area contributed by atoms with Crippen LogP contribution in [0.1, 0.15) is 147 Å². The number of nitrogens with zero attached hydrogens (tertiary/aromatic N) is 6. The number of thioether (sulfide) groups is 1. The van der Waals surface area contributed by atoms with Gasteiger partial charge in [0.1, 0.15) is 21.1 Å². The van der Waals surface area contributed by atoms with Crippen LogP contribution in [0, 0.1) is 137 Å². The summed E-state index contributed by atoms with van der Waals surface area (Å²) in [6.07, 6.45) is 2.32. The van der Waals surface area contributed by atoms with Crippen molar-refractivity contribution in [3.05, 3.63) is 132 Å². The van der Waals surface area contributed by atoms with E-state index in [1.54, 1.807) is 29.9 Å². The summed E-state index contributed by atoms with van der Waals surface area (Å²) in [7, 11) is 2.17. The second-order valence-corrected chi connectivity index (χ2v) is 20.6. The van der Waals surface area contributed by atoms with Crippen LogP contribution >= 0.6 is 34.4 Å². The lowest BCUT2D eigenvalue weighted by atomic mass is 10.0. The summed E-state index contributed by atoms with van der Waals surface area (Å²) >= 11 is 5.48. The minimum atomic E-state index is -6.00. The Bertz CT molecular complexity index is 2350. The van der Waals surface area contributed by atoms with Crippen molar-refractivity contribution in [1.29, 1.82) is 0 Å². The molecule has 16 heteroatoms. The highest BCUT2D eigenvalue weighted by Gasteiger charge is 2.24. The lowest BCUT2D eigenvalue weighted by molar-refractivity contribution is -0.706. The largest absolute Gasteiger partial charge is 0.673 e. The second-order valence-electron chi connectivity index (χ2n) is 16.6. The number of aryl methyl sites for hydroxylation is 6. The number of allylic oxidation sites excluding steroid dienone is 2. The molecule has 5 aromatic heterocycles. The molecule has 1 aliphatic rings. The fourth-order valence-corrected chi connectivity index (χ4v) is 9.29. The zero-order valence-corrected chi connectivity index (χ0v) is 47.8. The number of aromatic nitrogens is 5. The minimum Gasteiger partial charge on any atom is -0.418 e. The van der Waals surface area contributed by atoms with Gasteiger partial charge in [-0.2, -0.15) is 18.1 Å². The van der Waals surface area contributed by atoms with Crippen LogP contribution in [0.5, 0.6) is 0 Å². The van der Waals surface area contributed by atoms with Gasteiger partial charge in [0, 0.05) is 84.2 Å². The first kappa shape index (κ1) is 69.2. The first-order chi connectivity index (χ1) is 30.6. The van der Waals surface area contributed by atoms with Gasteiger partial charge in [-0.05, 0) is 133 Å². The Labute approximate surface area is 427 Å². The van der Waals surface area contributed by atoms with Crippen LogP contribution in [0.2, 0.25) is 0 Å². The highest BCUT2D eigenvalue weighted by atomic mass is 32.2. The van der Waals surface area contributed by atoms with E-state index in [2.05, 4.69) is 120 Å². The summed E-state index contributed by atoms with van der Waals surface area (Å²) in [4.78, 5) is 14.4. The van der Waals surface area contributed by atoms with Gasteiger partial charge in [0.05, 0.1) is 26.2 Å². The van der Waals surface area contributed by atoms with E-state index in [1.807, 2.05) is 99.3 Å². The molecule has 0 aromatic carbocycles. The quantitative estimate of drug-likeness (QED) is 0.0726. The van der Waals surface area contributed by atoms with E-state index in [0.717, 1.165) is 33.6 Å². The lowest BCUT2D eigenvalue weighted by Crippen LogP contribution is -2.38. The van der Waals surface area contributed by atoms with Crippen molar-refractivity contribution in [2.75, 3.05) is 7.05 Å². The molecule has 0 amide bonds. The Morgan fingerprint density at radius 2 is 0.942 bits per heavy atom. The molecule has 0 saturated carbocycles. The molecule has 0 radical (unpaired) electrons. The van der Waals surface area contributed by atoms with Gasteiger partial charge in [0.15, 0.2) is 17.1 Å². The molecule has 5 aromatic rings. The van der Waals surface area contributed by atoms with Crippen LogP contribution in [0.15, 0.2) is 15.6 Å². The zero-order valence-electron chi connectivity index (χ0n) is 45.3. The topological polar surface area (TPSA) is 40.7 Å². The fraction of sp³-hybridized carbons (Fsp3) is 0.528. The van der Waals surface area contributed by atoms with Crippen LogP contribution in [0.4, 0.5) is 26.0 Å². The molecule has 6 rings (SSSR count). The van der Waals surface area contributed by atoms with Crippen molar-refractivity contribution < 1.29 is 39.7 Å². The molecule has 1 aliphatic heterocycles. The maximum atomic E-state index is 13.4. The van der Waals surface area contributed by atoms with Crippen molar-refractivity contribution in [1.82, 2.24) is 14.9 Å². The summed E-state index contributed by atoms with van der Waals surface area (Å²) in [6, 6.07) is 0. The highest BCUT2D eigenvalue weighted by Crippen LogP contribution is 2.40. The first-order valence-corrected chi connectivity index (χ1v) is 24.7. The predicted molar refractivity (Wildman–Crippen MR) is 289 cm³/mol. The molecule has 0 N–H and O–H groups in total. The second kappa shape index (κ2) is 30.0. The van der Waals surface area contributed by atoms with E-state index in [1.165, 1.54) is 80.4 Å². The van der Waals surface area contributed by atoms with E-state index < -0.39 is 7.25 Å². The standard InChI is InChI=1S/C17H25N2S.C10H15FN.C9H12FN.C7H12NS.C6H9NS.C2H6.2CH4.BF4/c1-10-11(2)13(4)18(7)16(12(10)3)9-17-19(8)14(5)15(6)20-17;1-6-7(2)9(4)12(5)10(11)8(6)3;1-5-6(2)8(4)11-9(10)7(5)3;1-5-6(2)9-7(3)8(5)4;1-4-5(2)8-6(3)7-4;1-2;;;2-1(3,4)5/h9H,1-8H3;1-5H3;1-4H3;1-4H3;1-3H3;1-2H3;2*1H4;/q2*+1;;+1;;;;;-1. The average molecular weight is 1030 g/mol. The van der Waals surface area contributed by atoms with Gasteiger partial charge in [-0.3, -0.25) is 0 Å². The Kier molecular flexibility index (Phi) is 30.1. The fourth-order valence-electron chi connectivity index (χ4n) is 6.43. The molecule has 69 heavy (non-hydrogen) atoms. The molecule has 0 unspecified atom stereocenters. The lowest BCUT2D eigenvalue weighted by Gasteiger charge is -2.15. The minimum absolute atomic E-state index is 0. The van der Waals surface area contributed by atoms with Gasteiger partial charge in [-0.15, -0.1) is 15.7 Å². The Morgan fingerprint density at radius 3 is 1.28 bits per heavy atom. The number of hydrogen-bond acceptors (Lipinski definition) is 6. The molecule has 0 saturated heterocycles. The third kappa shape index (κ3) is 19.6. The highest BCUT2D eigenvalue weighted by molar-refractivity contribution is 8.07. The number of pyridine rings is 3. The van der Waals surface area contributed by atoms with E-state index in [0.29, 0.717) is 5.56 Å². The van der Waals surface area contributed by atoms with E-state index in [-0.39, 0.29) is 26.7 Å². The monoisotopic (exact) mass is 1030 g/mol. The van der Waals surface area contributed by atoms with Crippen LogP contribution in [-0.2, 0) is 21.1 Å². The molecule has 0 spiro atoms. The van der Waals surface area contributed by atoms with E-state index >= 15 is 0 Å². The van der Waals surface area contributed by atoms with Crippen molar-refractivity contribution in [3.63, 3.8) is 0 Å². The number of halogens is 6. The molecule has 0 fully saturated rings.